The Morgan fingerprint density at radius 2 is 1.74 bits per heavy atom. The lowest BCUT2D eigenvalue weighted by Gasteiger charge is -2.17. The highest BCUT2D eigenvalue weighted by Crippen LogP contribution is 2.30. The molecule has 1 aliphatic heterocycles. The molecule has 2 aromatic rings. The molecule has 0 aromatic heterocycles. The number of benzene rings is 2. The van der Waals surface area contributed by atoms with E-state index in [-0.39, 0.29) is 5.57 Å². The van der Waals surface area contributed by atoms with Gasteiger partial charge < -0.3 is 5.11 Å². The molecule has 0 saturated carbocycles. The van der Waals surface area contributed by atoms with Crippen LogP contribution in [-0.2, 0) is 4.79 Å². The molecule has 23 heavy (non-hydrogen) atoms. The Labute approximate surface area is 130 Å². The Balaban J connectivity index is 2.14. The molecule has 0 aliphatic carbocycles. The van der Waals surface area contributed by atoms with E-state index in [2.05, 4.69) is 5.32 Å². The number of carbonyl (C=O) groups excluding carboxylic acids is 2. The van der Waals surface area contributed by atoms with Gasteiger partial charge >= 0.3 is 5.69 Å². The van der Waals surface area contributed by atoms with E-state index < -0.39 is 28.2 Å². The van der Waals surface area contributed by atoms with Crippen LogP contribution in [0.25, 0.3) is 11.6 Å². The predicted octanol–water partition coefficient (Wildman–Crippen LogP) is 2.11. The molecule has 114 valence electrons. The third-order valence-corrected chi connectivity index (χ3v) is 3.44. The SMILES string of the molecule is O=C1NC(=O)c2ccccc2/C1=C\c1ccc(O)c([N+](=O)[O-])c1. The topological polar surface area (TPSA) is 110 Å². The molecule has 7 nitrogen and oxygen atoms in total. The number of nitro benzene ring substituents is 1. The van der Waals surface area contributed by atoms with Crippen molar-refractivity contribution in [2.45, 2.75) is 0 Å². The Kier molecular flexibility index (Phi) is 3.38. The molecule has 2 N–H and O–H groups in total. The molecule has 3 rings (SSSR count). The van der Waals surface area contributed by atoms with Crippen molar-refractivity contribution < 1.29 is 19.6 Å². The third-order valence-electron chi connectivity index (χ3n) is 3.44. The normalized spacial score (nSPS) is 15.2. The number of carbonyl (C=O) groups is 2. The van der Waals surface area contributed by atoms with Gasteiger partial charge in [0.2, 0.25) is 0 Å². The van der Waals surface area contributed by atoms with Gasteiger partial charge in [-0.05, 0) is 29.3 Å². The van der Waals surface area contributed by atoms with Crippen LogP contribution in [0.3, 0.4) is 0 Å². The minimum atomic E-state index is -0.713. The number of rotatable bonds is 2. The first-order chi connectivity index (χ1) is 11.0. The summed E-state index contributed by atoms with van der Waals surface area (Å²) in [6.45, 7) is 0. The molecule has 0 fully saturated rings. The van der Waals surface area contributed by atoms with Crippen molar-refractivity contribution in [3.8, 4) is 5.75 Å². The zero-order valence-corrected chi connectivity index (χ0v) is 11.6. The maximum absolute atomic E-state index is 12.1. The van der Waals surface area contributed by atoms with Crippen LogP contribution >= 0.6 is 0 Å². The maximum atomic E-state index is 12.1. The number of fused-ring (bicyclic) bond motifs is 1. The number of nitrogens with one attached hydrogen (secondary N) is 1. The van der Waals surface area contributed by atoms with Gasteiger partial charge in [-0.3, -0.25) is 25.0 Å². The molecule has 1 heterocycles. The van der Waals surface area contributed by atoms with Crippen molar-refractivity contribution in [1.82, 2.24) is 5.32 Å². The van der Waals surface area contributed by atoms with E-state index >= 15 is 0 Å². The van der Waals surface area contributed by atoms with Crippen molar-refractivity contribution >= 4 is 29.2 Å². The van der Waals surface area contributed by atoms with Gasteiger partial charge in [-0.15, -0.1) is 0 Å². The summed E-state index contributed by atoms with van der Waals surface area (Å²) >= 11 is 0. The number of imide groups is 1. The molecule has 0 saturated heterocycles. The second kappa shape index (κ2) is 5.38. The highest BCUT2D eigenvalue weighted by molar-refractivity contribution is 6.33. The third kappa shape index (κ3) is 2.55. The van der Waals surface area contributed by atoms with Crippen LogP contribution in [0.15, 0.2) is 42.5 Å². The Morgan fingerprint density at radius 1 is 1.04 bits per heavy atom. The predicted molar refractivity (Wildman–Crippen MR) is 81.5 cm³/mol. The lowest BCUT2D eigenvalue weighted by atomic mass is 9.93. The van der Waals surface area contributed by atoms with E-state index in [4.69, 9.17) is 0 Å². The first-order valence-corrected chi connectivity index (χ1v) is 6.61. The smallest absolute Gasteiger partial charge is 0.311 e. The van der Waals surface area contributed by atoms with E-state index in [1.165, 1.54) is 18.2 Å². The number of phenols is 1. The van der Waals surface area contributed by atoms with Crippen molar-refractivity contribution in [1.29, 1.82) is 0 Å². The largest absolute Gasteiger partial charge is 0.502 e. The maximum Gasteiger partial charge on any atom is 0.311 e. The number of hydrogen-bond acceptors (Lipinski definition) is 5. The summed E-state index contributed by atoms with van der Waals surface area (Å²) in [6, 6.07) is 10.4. The summed E-state index contributed by atoms with van der Waals surface area (Å²) < 4.78 is 0. The van der Waals surface area contributed by atoms with E-state index in [1.54, 1.807) is 24.3 Å². The molecule has 0 atom stereocenters. The minimum absolute atomic E-state index is 0.222. The van der Waals surface area contributed by atoms with Gasteiger partial charge in [-0.2, -0.15) is 0 Å². The van der Waals surface area contributed by atoms with Crippen molar-refractivity contribution in [2.75, 3.05) is 0 Å². The lowest BCUT2D eigenvalue weighted by molar-refractivity contribution is -0.385. The molecular formula is C16H10N2O5. The number of aromatic hydroxyl groups is 1. The number of nitrogens with zero attached hydrogens (tertiary/aromatic N) is 1. The van der Waals surface area contributed by atoms with Gasteiger partial charge in [0.15, 0.2) is 5.75 Å². The highest BCUT2D eigenvalue weighted by Gasteiger charge is 2.26. The van der Waals surface area contributed by atoms with Gasteiger partial charge in [-0.1, -0.05) is 24.3 Å². The second-order valence-electron chi connectivity index (χ2n) is 4.89. The Bertz CT molecular complexity index is 886. The number of nitro groups is 1. The van der Waals surface area contributed by atoms with Crippen molar-refractivity contribution in [2.24, 2.45) is 0 Å². The van der Waals surface area contributed by atoms with Crippen molar-refractivity contribution in [3.63, 3.8) is 0 Å². The van der Waals surface area contributed by atoms with Gasteiger partial charge in [0, 0.05) is 17.2 Å². The molecule has 7 heteroatoms. The van der Waals surface area contributed by atoms with Crippen LogP contribution in [0.4, 0.5) is 5.69 Å². The van der Waals surface area contributed by atoms with Crippen LogP contribution < -0.4 is 5.32 Å². The summed E-state index contributed by atoms with van der Waals surface area (Å²) in [6.07, 6.45) is 1.44. The van der Waals surface area contributed by atoms with Crippen LogP contribution in [0, 0.1) is 10.1 Å². The summed E-state index contributed by atoms with van der Waals surface area (Å²) in [7, 11) is 0. The average molecular weight is 310 g/mol. The van der Waals surface area contributed by atoms with Gasteiger partial charge in [0.25, 0.3) is 11.8 Å². The molecule has 0 radical (unpaired) electrons. The Morgan fingerprint density at radius 3 is 2.43 bits per heavy atom. The first-order valence-electron chi connectivity index (χ1n) is 6.61. The van der Waals surface area contributed by atoms with Crippen LogP contribution in [-0.4, -0.2) is 21.8 Å². The number of amides is 2. The quantitative estimate of drug-likeness (QED) is 0.382. The number of phenolic OH excluding ortho intramolecular Hbond substituents is 1. The van der Waals surface area contributed by atoms with Crippen LogP contribution in [0.2, 0.25) is 0 Å². The fourth-order valence-corrected chi connectivity index (χ4v) is 2.36. The monoisotopic (exact) mass is 310 g/mol. The summed E-state index contributed by atoms with van der Waals surface area (Å²) in [4.78, 5) is 34.0. The zero-order valence-electron chi connectivity index (χ0n) is 11.6. The van der Waals surface area contributed by atoms with E-state index in [1.807, 2.05) is 0 Å². The average Bonchev–Trinajstić information content (AvgIpc) is 2.52. The zero-order chi connectivity index (χ0) is 16.6. The molecule has 0 unspecified atom stereocenters. The van der Waals surface area contributed by atoms with Gasteiger partial charge in [0.05, 0.1) is 4.92 Å². The molecule has 2 amide bonds. The second-order valence-corrected chi connectivity index (χ2v) is 4.89. The van der Waals surface area contributed by atoms with Gasteiger partial charge in [-0.25, -0.2) is 0 Å². The fraction of sp³-hybridized carbons (Fsp3) is 0. The van der Waals surface area contributed by atoms with Crippen molar-refractivity contribution in [3.05, 3.63) is 69.3 Å². The van der Waals surface area contributed by atoms with E-state index in [9.17, 15) is 24.8 Å². The molecule has 0 bridgehead atoms. The highest BCUT2D eigenvalue weighted by atomic mass is 16.6. The van der Waals surface area contributed by atoms with Crippen LogP contribution in [0.1, 0.15) is 21.5 Å². The molecular weight excluding hydrogens is 300 g/mol. The lowest BCUT2D eigenvalue weighted by Crippen LogP contribution is -2.36. The standard InChI is InChI=1S/C16H10N2O5/c19-14-6-5-9(8-13(14)18(22)23)7-12-10-3-1-2-4-11(10)15(20)17-16(12)21/h1-8,19H,(H,17,20,21)/b12-7+. The minimum Gasteiger partial charge on any atom is -0.502 e. The summed E-state index contributed by atoms with van der Waals surface area (Å²) in [5.41, 5.74) is 0.938. The number of hydrogen-bond donors (Lipinski definition) is 2. The van der Waals surface area contributed by atoms with Crippen LogP contribution in [0.5, 0.6) is 5.75 Å². The molecule has 0 spiro atoms. The van der Waals surface area contributed by atoms with E-state index in [0.29, 0.717) is 16.7 Å². The van der Waals surface area contributed by atoms with E-state index in [0.717, 1.165) is 6.07 Å². The first kappa shape index (κ1) is 14.5. The van der Waals surface area contributed by atoms with Gasteiger partial charge in [0.1, 0.15) is 0 Å². The molecule has 2 aromatic carbocycles. The summed E-state index contributed by atoms with van der Waals surface area (Å²) in [5, 5.41) is 22.6. The molecule has 1 aliphatic rings. The fourth-order valence-electron chi connectivity index (χ4n) is 2.36. The summed E-state index contributed by atoms with van der Waals surface area (Å²) in [5.74, 6) is -1.52. The Hall–Kier alpha value is -3.48.